The van der Waals surface area contributed by atoms with Gasteiger partial charge in [-0.25, -0.2) is 9.67 Å². The molecule has 0 radical (unpaired) electrons. The Morgan fingerprint density at radius 1 is 1.28 bits per heavy atom. The van der Waals surface area contributed by atoms with Crippen molar-refractivity contribution in [2.24, 2.45) is 7.05 Å². The number of para-hydroxylation sites is 2. The van der Waals surface area contributed by atoms with Gasteiger partial charge in [-0.15, -0.1) is 5.10 Å². The Labute approximate surface area is 188 Å². The van der Waals surface area contributed by atoms with Crippen molar-refractivity contribution < 1.29 is 19.0 Å². The number of hydrogen-bond donors (Lipinski definition) is 0. The van der Waals surface area contributed by atoms with Gasteiger partial charge in [-0.3, -0.25) is 4.79 Å². The van der Waals surface area contributed by atoms with Crippen LogP contribution in [0.2, 0.25) is 0 Å². The highest BCUT2D eigenvalue weighted by atomic mass is 16.6. The van der Waals surface area contributed by atoms with Crippen LogP contribution in [0.5, 0.6) is 17.4 Å². The molecule has 3 aromatic rings. The zero-order valence-electron chi connectivity index (χ0n) is 19.3. The predicted molar refractivity (Wildman–Crippen MR) is 121 cm³/mol. The molecule has 0 bridgehead atoms. The second kappa shape index (κ2) is 9.06. The quantitative estimate of drug-likeness (QED) is 0.564. The van der Waals surface area contributed by atoms with E-state index in [1.54, 1.807) is 11.8 Å². The summed E-state index contributed by atoms with van der Waals surface area (Å²) in [5.74, 6) is 2.12. The predicted octanol–water partition coefficient (Wildman–Crippen LogP) is 3.21. The fourth-order valence-electron chi connectivity index (χ4n) is 4.30. The number of carbonyl (C=O) groups excluding carboxylic acids is 1. The van der Waals surface area contributed by atoms with Crippen molar-refractivity contribution >= 4 is 16.9 Å². The number of rotatable bonds is 7. The zero-order valence-corrected chi connectivity index (χ0v) is 19.3. The van der Waals surface area contributed by atoms with Gasteiger partial charge < -0.3 is 19.1 Å². The highest BCUT2D eigenvalue weighted by Gasteiger charge is 2.25. The average Bonchev–Trinajstić information content (AvgIpc) is 3.12. The number of fused-ring (bicyclic) bond motifs is 2. The molecule has 1 aromatic carbocycles. The summed E-state index contributed by atoms with van der Waals surface area (Å²) in [6.07, 6.45) is 0.823. The Kier molecular flexibility index (Phi) is 6.21. The normalized spacial score (nSPS) is 15.1. The van der Waals surface area contributed by atoms with Crippen molar-refractivity contribution in [1.29, 1.82) is 0 Å². The number of amides is 1. The van der Waals surface area contributed by atoms with E-state index in [0.717, 1.165) is 39.4 Å². The van der Waals surface area contributed by atoms with Crippen LogP contribution in [-0.4, -0.2) is 58.5 Å². The summed E-state index contributed by atoms with van der Waals surface area (Å²) in [5.41, 5.74) is 3.84. The number of aromatic nitrogens is 3. The van der Waals surface area contributed by atoms with Crippen molar-refractivity contribution in [2.75, 3.05) is 26.8 Å². The van der Waals surface area contributed by atoms with Gasteiger partial charge in [0.1, 0.15) is 6.61 Å². The van der Waals surface area contributed by atoms with Gasteiger partial charge in [-0.1, -0.05) is 12.1 Å². The van der Waals surface area contributed by atoms with Crippen molar-refractivity contribution in [3.63, 3.8) is 0 Å². The van der Waals surface area contributed by atoms with E-state index in [9.17, 15) is 4.79 Å². The van der Waals surface area contributed by atoms with Crippen LogP contribution >= 0.6 is 0 Å². The third-order valence-electron chi connectivity index (χ3n) is 6.03. The molecule has 3 heterocycles. The van der Waals surface area contributed by atoms with E-state index in [1.165, 1.54) is 0 Å². The van der Waals surface area contributed by atoms with E-state index in [-0.39, 0.29) is 12.0 Å². The minimum atomic E-state index is -0.185. The van der Waals surface area contributed by atoms with Crippen LogP contribution < -0.4 is 14.2 Å². The summed E-state index contributed by atoms with van der Waals surface area (Å²) in [6, 6.07) is 7.61. The summed E-state index contributed by atoms with van der Waals surface area (Å²) >= 11 is 0. The molecule has 1 aliphatic rings. The molecule has 0 saturated heterocycles. The lowest BCUT2D eigenvalue weighted by Gasteiger charge is -2.31. The molecule has 8 nitrogen and oxygen atoms in total. The number of hydrogen-bond acceptors (Lipinski definition) is 6. The molecule has 32 heavy (non-hydrogen) atoms. The van der Waals surface area contributed by atoms with E-state index in [4.69, 9.17) is 19.2 Å². The van der Waals surface area contributed by atoms with Gasteiger partial charge >= 0.3 is 0 Å². The molecular formula is C24H30N4O4. The molecular weight excluding hydrogens is 408 g/mol. The maximum atomic E-state index is 13.0. The largest absolute Gasteiger partial charge is 0.486 e. The summed E-state index contributed by atoms with van der Waals surface area (Å²) < 4.78 is 19.0. The van der Waals surface area contributed by atoms with Crippen molar-refractivity contribution in [3.8, 4) is 17.4 Å². The molecule has 0 N–H and O–H groups in total. The number of carbonyl (C=O) groups is 1. The second-order valence-electron chi connectivity index (χ2n) is 8.06. The Morgan fingerprint density at radius 3 is 2.75 bits per heavy atom. The highest BCUT2D eigenvalue weighted by Crippen LogP contribution is 2.32. The van der Waals surface area contributed by atoms with Crippen LogP contribution in [0.4, 0.5) is 0 Å². The molecule has 1 aliphatic heterocycles. The summed E-state index contributed by atoms with van der Waals surface area (Å²) in [5, 5.41) is 5.30. The molecule has 0 aliphatic carbocycles. The second-order valence-corrected chi connectivity index (χ2v) is 8.06. The number of ether oxygens (including phenoxy) is 3. The molecule has 4 rings (SSSR count). The van der Waals surface area contributed by atoms with Gasteiger partial charge in [-0.2, -0.15) is 0 Å². The van der Waals surface area contributed by atoms with Crippen LogP contribution in [0.15, 0.2) is 24.3 Å². The Balaban J connectivity index is 1.45. The fraction of sp³-hybridized carbons (Fsp3) is 0.458. The lowest BCUT2D eigenvalue weighted by Crippen LogP contribution is -2.43. The van der Waals surface area contributed by atoms with Crippen LogP contribution in [0, 0.1) is 13.8 Å². The molecule has 170 valence electrons. The highest BCUT2D eigenvalue weighted by molar-refractivity contribution is 5.86. The van der Waals surface area contributed by atoms with Crippen LogP contribution in [0.1, 0.15) is 30.2 Å². The maximum Gasteiger partial charge on any atom is 0.242 e. The van der Waals surface area contributed by atoms with Gasteiger partial charge in [0.25, 0.3) is 0 Å². The molecule has 0 saturated carbocycles. The van der Waals surface area contributed by atoms with E-state index >= 15 is 0 Å². The lowest BCUT2D eigenvalue weighted by molar-refractivity contribution is -0.132. The topological polar surface area (TPSA) is 78.7 Å². The Hall–Kier alpha value is -3.29. The SMILES string of the molecule is CCN(CC1COc2ccccc2O1)C(=O)CCc1c(C)nc2c(c(OC)nn2C)c1C. The average molecular weight is 439 g/mol. The van der Waals surface area contributed by atoms with Gasteiger partial charge in [0, 0.05) is 25.7 Å². The van der Waals surface area contributed by atoms with E-state index in [1.807, 2.05) is 57.0 Å². The summed E-state index contributed by atoms with van der Waals surface area (Å²) in [7, 11) is 3.47. The molecule has 1 atom stereocenters. The number of benzene rings is 1. The molecule has 0 fully saturated rings. The number of pyridine rings is 1. The maximum absolute atomic E-state index is 13.0. The molecule has 2 aromatic heterocycles. The van der Waals surface area contributed by atoms with E-state index in [2.05, 4.69) is 5.10 Å². The van der Waals surface area contributed by atoms with Crippen molar-refractivity contribution in [3.05, 3.63) is 41.1 Å². The fourth-order valence-corrected chi connectivity index (χ4v) is 4.30. The Morgan fingerprint density at radius 2 is 2.03 bits per heavy atom. The van der Waals surface area contributed by atoms with E-state index in [0.29, 0.717) is 38.4 Å². The van der Waals surface area contributed by atoms with Crippen LogP contribution in [0.3, 0.4) is 0 Å². The first kappa shape index (κ1) is 21.9. The minimum absolute atomic E-state index is 0.0898. The minimum Gasteiger partial charge on any atom is -0.486 e. The first-order valence-corrected chi connectivity index (χ1v) is 11.0. The third-order valence-corrected chi connectivity index (χ3v) is 6.03. The summed E-state index contributed by atoms with van der Waals surface area (Å²) in [6.45, 7) is 7.55. The summed E-state index contributed by atoms with van der Waals surface area (Å²) in [4.78, 5) is 19.6. The molecule has 1 amide bonds. The van der Waals surface area contributed by atoms with Gasteiger partial charge in [0.15, 0.2) is 23.3 Å². The van der Waals surface area contributed by atoms with Gasteiger partial charge in [-0.05, 0) is 50.5 Å². The van der Waals surface area contributed by atoms with Crippen molar-refractivity contribution in [2.45, 2.75) is 39.7 Å². The van der Waals surface area contributed by atoms with E-state index < -0.39 is 0 Å². The molecule has 1 unspecified atom stereocenters. The van der Waals surface area contributed by atoms with Crippen molar-refractivity contribution in [1.82, 2.24) is 19.7 Å². The van der Waals surface area contributed by atoms with Gasteiger partial charge in [0.05, 0.1) is 19.0 Å². The first-order chi connectivity index (χ1) is 15.4. The van der Waals surface area contributed by atoms with Gasteiger partial charge in [0.2, 0.25) is 11.8 Å². The lowest BCUT2D eigenvalue weighted by atomic mass is 10.00. The van der Waals surface area contributed by atoms with Crippen LogP contribution in [0.25, 0.3) is 11.0 Å². The third kappa shape index (κ3) is 4.09. The first-order valence-electron chi connectivity index (χ1n) is 11.0. The smallest absolute Gasteiger partial charge is 0.242 e. The number of aryl methyl sites for hydroxylation is 3. The molecule has 8 heteroatoms. The Bertz CT molecular complexity index is 1140. The number of nitrogens with zero attached hydrogens (tertiary/aromatic N) is 4. The molecule has 0 spiro atoms. The monoisotopic (exact) mass is 438 g/mol. The number of likely N-dealkylation sites (N-methyl/N-ethyl adjacent to an activating group) is 1. The zero-order chi connectivity index (χ0) is 22.8. The van der Waals surface area contributed by atoms with Crippen LogP contribution in [-0.2, 0) is 18.3 Å². The number of methoxy groups -OCH3 is 1. The standard InChI is InChI=1S/C24H30N4O4/c1-6-28(13-17-14-31-19-9-7-8-10-20(19)32-17)21(29)12-11-18-15(2)22-23(25-16(18)3)27(4)26-24(22)30-5/h7-10,17H,6,11-14H2,1-5H3.